The van der Waals surface area contributed by atoms with E-state index in [1.807, 2.05) is 54.6 Å². The topological polar surface area (TPSA) is 68.0 Å². The predicted octanol–water partition coefficient (Wildman–Crippen LogP) is 5.50. The van der Waals surface area contributed by atoms with Crippen LogP contribution in [0.4, 0.5) is 10.1 Å². The van der Waals surface area contributed by atoms with E-state index in [2.05, 4.69) is 15.5 Å². The monoisotopic (exact) mass is 401 g/mol. The molecule has 1 amide bonds. The first kappa shape index (κ1) is 19.5. The molecule has 0 radical (unpaired) electrons. The number of para-hydroxylation sites is 1. The van der Waals surface area contributed by atoms with Gasteiger partial charge in [0.05, 0.1) is 0 Å². The van der Waals surface area contributed by atoms with Crippen molar-refractivity contribution in [3.05, 3.63) is 90.6 Å². The van der Waals surface area contributed by atoms with Crippen LogP contribution in [0.25, 0.3) is 22.5 Å². The second kappa shape index (κ2) is 9.13. The van der Waals surface area contributed by atoms with Gasteiger partial charge in [-0.2, -0.15) is 4.98 Å². The third kappa shape index (κ3) is 4.78. The normalized spacial score (nSPS) is 10.7. The van der Waals surface area contributed by atoms with Gasteiger partial charge in [0.1, 0.15) is 5.82 Å². The van der Waals surface area contributed by atoms with Crippen LogP contribution in [-0.4, -0.2) is 16.0 Å². The Hall–Kier alpha value is -3.80. The number of aryl methyl sites for hydroxylation is 1. The van der Waals surface area contributed by atoms with Crippen LogP contribution in [0, 0.1) is 5.82 Å². The van der Waals surface area contributed by atoms with Gasteiger partial charge < -0.3 is 9.84 Å². The number of amides is 1. The Bertz CT molecular complexity index is 1120. The molecule has 1 aromatic heterocycles. The minimum absolute atomic E-state index is 0.0725. The molecule has 0 fully saturated rings. The zero-order valence-electron chi connectivity index (χ0n) is 16.2. The van der Waals surface area contributed by atoms with Gasteiger partial charge in [0.15, 0.2) is 0 Å². The van der Waals surface area contributed by atoms with Gasteiger partial charge in [-0.15, -0.1) is 0 Å². The first-order valence-electron chi connectivity index (χ1n) is 9.72. The summed E-state index contributed by atoms with van der Waals surface area (Å²) in [6.07, 6.45) is 1.39. The molecule has 0 unspecified atom stereocenters. The van der Waals surface area contributed by atoms with Gasteiger partial charge in [0.2, 0.25) is 17.6 Å². The number of nitrogens with zero attached hydrogens (tertiary/aromatic N) is 2. The van der Waals surface area contributed by atoms with Crippen LogP contribution in [0.1, 0.15) is 18.7 Å². The summed E-state index contributed by atoms with van der Waals surface area (Å²) in [7, 11) is 0. The molecule has 0 saturated heterocycles. The highest BCUT2D eigenvalue weighted by molar-refractivity contribution is 5.95. The van der Waals surface area contributed by atoms with Crippen LogP contribution in [0.15, 0.2) is 83.4 Å². The number of rotatable bonds is 7. The molecule has 0 spiro atoms. The van der Waals surface area contributed by atoms with E-state index < -0.39 is 0 Å². The molecule has 0 aliphatic heterocycles. The molecule has 5 nitrogen and oxygen atoms in total. The van der Waals surface area contributed by atoms with Crippen molar-refractivity contribution in [3.63, 3.8) is 0 Å². The fraction of sp³-hybridized carbons (Fsp3) is 0.125. The van der Waals surface area contributed by atoms with E-state index in [0.29, 0.717) is 36.5 Å². The Morgan fingerprint density at radius 3 is 2.43 bits per heavy atom. The number of nitrogens with one attached hydrogen (secondary N) is 1. The smallest absolute Gasteiger partial charge is 0.226 e. The van der Waals surface area contributed by atoms with Crippen molar-refractivity contribution in [1.82, 2.24) is 10.1 Å². The fourth-order valence-electron chi connectivity index (χ4n) is 3.15. The average molecular weight is 401 g/mol. The Balaban J connectivity index is 1.33. The summed E-state index contributed by atoms with van der Waals surface area (Å²) in [6.45, 7) is 0. The third-order valence-electron chi connectivity index (χ3n) is 4.65. The second-order valence-corrected chi connectivity index (χ2v) is 6.83. The number of halogens is 1. The summed E-state index contributed by atoms with van der Waals surface area (Å²) in [5.41, 5.74) is 3.49. The number of carbonyl (C=O) groups excluding carboxylic acids is 1. The van der Waals surface area contributed by atoms with Gasteiger partial charge in [0, 0.05) is 29.7 Å². The number of aromatic nitrogens is 2. The molecule has 4 aromatic rings. The Labute approximate surface area is 173 Å². The van der Waals surface area contributed by atoms with E-state index in [1.54, 1.807) is 12.1 Å². The summed E-state index contributed by atoms with van der Waals surface area (Å²) in [5, 5.41) is 6.91. The van der Waals surface area contributed by atoms with Crippen LogP contribution in [-0.2, 0) is 11.2 Å². The van der Waals surface area contributed by atoms with Crippen LogP contribution in [0.2, 0.25) is 0 Å². The maximum absolute atomic E-state index is 13.0. The fourth-order valence-corrected chi connectivity index (χ4v) is 3.15. The predicted molar refractivity (Wildman–Crippen MR) is 113 cm³/mol. The molecule has 3 aromatic carbocycles. The number of anilines is 1. The summed E-state index contributed by atoms with van der Waals surface area (Å²) in [5.74, 6) is 0.469. The Kier molecular flexibility index (Phi) is 5.94. The third-order valence-corrected chi connectivity index (χ3v) is 4.65. The van der Waals surface area contributed by atoms with Crippen LogP contribution in [0.5, 0.6) is 0 Å². The number of carbonyl (C=O) groups is 1. The number of hydrogen-bond donors (Lipinski definition) is 1. The Morgan fingerprint density at radius 2 is 1.63 bits per heavy atom. The summed E-state index contributed by atoms with van der Waals surface area (Å²) in [4.78, 5) is 16.7. The lowest BCUT2D eigenvalue weighted by Crippen LogP contribution is -2.12. The van der Waals surface area contributed by atoms with Crippen molar-refractivity contribution in [2.75, 3.05) is 5.32 Å². The minimum Gasteiger partial charge on any atom is -0.339 e. The van der Waals surface area contributed by atoms with Crippen LogP contribution >= 0.6 is 0 Å². The van der Waals surface area contributed by atoms with E-state index in [4.69, 9.17) is 4.52 Å². The molecular weight excluding hydrogens is 381 g/mol. The lowest BCUT2D eigenvalue weighted by Gasteiger charge is -2.11. The first-order chi connectivity index (χ1) is 14.7. The lowest BCUT2D eigenvalue weighted by molar-refractivity contribution is -0.116. The molecule has 0 atom stereocenters. The number of hydrogen-bond acceptors (Lipinski definition) is 4. The zero-order chi connectivity index (χ0) is 20.8. The first-order valence-corrected chi connectivity index (χ1v) is 9.72. The molecule has 6 heteroatoms. The van der Waals surface area contributed by atoms with Crippen molar-refractivity contribution >= 4 is 11.6 Å². The molecule has 150 valence electrons. The molecule has 1 N–H and O–H groups in total. The standard InChI is InChI=1S/C24H20FN3O2/c25-19-15-13-18(14-16-19)24-27-23(30-28-24)12-6-11-22(29)26-21-10-5-4-9-20(21)17-7-2-1-3-8-17/h1-5,7-10,13-16H,6,11-12H2,(H,26,29). The van der Waals surface area contributed by atoms with Gasteiger partial charge in [-0.25, -0.2) is 4.39 Å². The van der Waals surface area contributed by atoms with Crippen molar-refractivity contribution in [1.29, 1.82) is 0 Å². The summed E-state index contributed by atoms with van der Waals surface area (Å²) < 4.78 is 18.3. The molecule has 0 aliphatic rings. The van der Waals surface area contributed by atoms with Crippen LogP contribution < -0.4 is 5.32 Å². The van der Waals surface area contributed by atoms with E-state index in [-0.39, 0.29) is 11.7 Å². The molecule has 1 heterocycles. The van der Waals surface area contributed by atoms with E-state index in [1.165, 1.54) is 12.1 Å². The maximum atomic E-state index is 13.0. The molecular formula is C24H20FN3O2. The summed E-state index contributed by atoms with van der Waals surface area (Å²) in [6, 6.07) is 23.6. The van der Waals surface area contributed by atoms with Gasteiger partial charge in [-0.1, -0.05) is 53.7 Å². The quantitative estimate of drug-likeness (QED) is 0.444. The Morgan fingerprint density at radius 1 is 0.900 bits per heavy atom. The van der Waals surface area contributed by atoms with Gasteiger partial charge in [-0.05, 0) is 42.3 Å². The molecule has 30 heavy (non-hydrogen) atoms. The van der Waals surface area contributed by atoms with Crippen molar-refractivity contribution in [2.45, 2.75) is 19.3 Å². The SMILES string of the molecule is O=C(CCCc1nc(-c2ccc(F)cc2)no1)Nc1ccccc1-c1ccccc1. The largest absolute Gasteiger partial charge is 0.339 e. The van der Waals surface area contributed by atoms with E-state index in [9.17, 15) is 9.18 Å². The van der Waals surface area contributed by atoms with E-state index in [0.717, 1.165) is 16.8 Å². The zero-order valence-corrected chi connectivity index (χ0v) is 16.2. The molecule has 0 saturated carbocycles. The van der Waals surface area contributed by atoms with Gasteiger partial charge >= 0.3 is 0 Å². The van der Waals surface area contributed by atoms with Crippen molar-refractivity contribution in [2.24, 2.45) is 0 Å². The maximum Gasteiger partial charge on any atom is 0.226 e. The van der Waals surface area contributed by atoms with Crippen molar-refractivity contribution < 1.29 is 13.7 Å². The lowest BCUT2D eigenvalue weighted by atomic mass is 10.0. The highest BCUT2D eigenvalue weighted by Crippen LogP contribution is 2.27. The highest BCUT2D eigenvalue weighted by atomic mass is 19.1. The molecule has 4 rings (SSSR count). The van der Waals surface area contributed by atoms with Gasteiger partial charge in [-0.3, -0.25) is 4.79 Å². The van der Waals surface area contributed by atoms with Gasteiger partial charge in [0.25, 0.3) is 0 Å². The molecule has 0 bridgehead atoms. The minimum atomic E-state index is -0.317. The molecule has 0 aliphatic carbocycles. The summed E-state index contributed by atoms with van der Waals surface area (Å²) >= 11 is 0. The number of benzene rings is 3. The average Bonchev–Trinajstić information content (AvgIpc) is 3.24. The van der Waals surface area contributed by atoms with Crippen LogP contribution in [0.3, 0.4) is 0 Å². The second-order valence-electron chi connectivity index (χ2n) is 6.83. The van der Waals surface area contributed by atoms with E-state index >= 15 is 0 Å². The van der Waals surface area contributed by atoms with Crippen molar-refractivity contribution in [3.8, 4) is 22.5 Å². The highest BCUT2D eigenvalue weighted by Gasteiger charge is 2.11.